The first-order valence-corrected chi connectivity index (χ1v) is 11.1. The molecule has 2 aromatic heterocycles. The number of anilines is 2. The number of pyridine rings is 1. The molecule has 0 saturated carbocycles. The van der Waals surface area contributed by atoms with Crippen molar-refractivity contribution in [1.82, 2.24) is 20.0 Å². The molecule has 0 bridgehead atoms. The molecule has 0 aliphatic carbocycles. The number of carbonyl (C=O) groups is 1. The Bertz CT molecular complexity index is 1230. The number of sulfonamides is 1. The Balaban J connectivity index is 1.96. The van der Waals surface area contributed by atoms with E-state index in [9.17, 15) is 17.6 Å². The zero-order chi connectivity index (χ0) is 22.8. The van der Waals surface area contributed by atoms with Crippen molar-refractivity contribution < 1.29 is 22.3 Å². The van der Waals surface area contributed by atoms with Gasteiger partial charge < -0.3 is 4.74 Å². The van der Waals surface area contributed by atoms with Crippen molar-refractivity contribution >= 4 is 27.6 Å². The number of nitrogens with zero attached hydrogens (tertiary/aromatic N) is 5. The smallest absolute Gasteiger partial charge is 0.407 e. The van der Waals surface area contributed by atoms with Crippen molar-refractivity contribution in [3.8, 4) is 17.1 Å². The lowest BCUT2D eigenvalue weighted by Crippen LogP contribution is -2.35. The number of ether oxygens (including phenoxy) is 1. The highest BCUT2D eigenvalue weighted by molar-refractivity contribution is 7.92. The molecule has 12 heteroatoms. The third-order valence-corrected chi connectivity index (χ3v) is 4.84. The van der Waals surface area contributed by atoms with Gasteiger partial charge in [-0.15, -0.1) is 5.10 Å². The molecule has 10 nitrogen and oxygen atoms in total. The van der Waals surface area contributed by atoms with Crippen molar-refractivity contribution in [2.75, 3.05) is 22.4 Å². The van der Waals surface area contributed by atoms with Crippen molar-refractivity contribution in [3.63, 3.8) is 0 Å². The normalized spacial score (nSPS) is 11.3. The number of para-hydroxylation sites is 1. The maximum absolute atomic E-state index is 13.9. The van der Waals surface area contributed by atoms with E-state index in [1.54, 1.807) is 39.1 Å². The number of hydrogen-bond donors (Lipinski definition) is 1. The molecule has 0 atom stereocenters. The van der Waals surface area contributed by atoms with Gasteiger partial charge in [0.1, 0.15) is 0 Å². The van der Waals surface area contributed by atoms with E-state index < -0.39 is 21.9 Å². The maximum atomic E-state index is 13.9. The van der Waals surface area contributed by atoms with E-state index in [2.05, 4.69) is 20.0 Å². The lowest BCUT2D eigenvalue weighted by molar-refractivity contribution is 0.205. The highest BCUT2D eigenvalue weighted by atomic mass is 32.2. The molecule has 0 fully saturated rings. The van der Waals surface area contributed by atoms with Crippen molar-refractivity contribution in [1.29, 1.82) is 0 Å². The molecule has 1 N–H and O–H groups in total. The minimum absolute atomic E-state index is 0.189. The first kappa shape index (κ1) is 22.2. The molecule has 0 radical (unpaired) electrons. The fraction of sp³-hybridized carbons (Fsp3) is 0.263. The number of carbonyl (C=O) groups excluding carboxylic acids is 1. The summed E-state index contributed by atoms with van der Waals surface area (Å²) in [7, 11) is -1.87. The number of hydrogen-bond acceptors (Lipinski definition) is 7. The van der Waals surface area contributed by atoms with Gasteiger partial charge in [0.05, 0.1) is 23.3 Å². The molecule has 3 aromatic rings. The van der Waals surface area contributed by atoms with E-state index in [1.165, 1.54) is 27.8 Å². The van der Waals surface area contributed by atoms with Crippen LogP contribution < -0.4 is 14.4 Å². The number of benzene rings is 1. The summed E-state index contributed by atoms with van der Waals surface area (Å²) >= 11 is 0. The van der Waals surface area contributed by atoms with Crippen molar-refractivity contribution in [2.24, 2.45) is 7.05 Å². The molecular formula is C19H21FN6O4S. The summed E-state index contributed by atoms with van der Waals surface area (Å²) in [4.78, 5) is 18.4. The van der Waals surface area contributed by atoms with Crippen LogP contribution >= 0.6 is 0 Å². The molecule has 3 rings (SSSR count). The van der Waals surface area contributed by atoms with Crippen LogP contribution in [0.3, 0.4) is 0 Å². The molecule has 0 spiro atoms. The van der Waals surface area contributed by atoms with E-state index in [0.717, 1.165) is 6.26 Å². The Morgan fingerprint density at radius 2 is 1.97 bits per heavy atom. The van der Waals surface area contributed by atoms with Crippen LogP contribution in [0.2, 0.25) is 0 Å². The van der Waals surface area contributed by atoms with Gasteiger partial charge in [-0.1, -0.05) is 17.3 Å². The number of aromatic nitrogens is 4. The number of nitrogens with one attached hydrogen (secondary N) is 1. The molecule has 31 heavy (non-hydrogen) atoms. The third-order valence-electron chi connectivity index (χ3n) is 4.25. The fourth-order valence-electron chi connectivity index (χ4n) is 2.86. The topological polar surface area (TPSA) is 119 Å². The average molecular weight is 448 g/mol. The molecule has 2 heterocycles. The van der Waals surface area contributed by atoms with Crippen LogP contribution in [0.15, 0.2) is 36.4 Å². The van der Waals surface area contributed by atoms with Crippen LogP contribution in [0.5, 0.6) is 5.75 Å². The first-order chi connectivity index (χ1) is 14.6. The third kappa shape index (κ3) is 4.97. The molecule has 164 valence electrons. The van der Waals surface area contributed by atoms with Crippen LogP contribution in [-0.2, 0) is 17.1 Å². The summed E-state index contributed by atoms with van der Waals surface area (Å²) in [6.07, 6.45) is 0.230. The minimum Gasteiger partial charge on any atom is -0.407 e. The first-order valence-electron chi connectivity index (χ1n) is 9.20. The number of halogens is 1. The summed E-state index contributed by atoms with van der Waals surface area (Å²) < 4.78 is 45.9. The van der Waals surface area contributed by atoms with E-state index in [1.807, 2.05) is 0 Å². The second kappa shape index (κ2) is 8.68. The Hall–Kier alpha value is -3.54. The van der Waals surface area contributed by atoms with Crippen LogP contribution in [-0.4, -0.2) is 47.3 Å². The van der Waals surface area contributed by atoms with Gasteiger partial charge in [-0.25, -0.2) is 27.3 Å². The van der Waals surface area contributed by atoms with Gasteiger partial charge in [0.2, 0.25) is 10.0 Å². The van der Waals surface area contributed by atoms with E-state index in [4.69, 9.17) is 4.74 Å². The van der Waals surface area contributed by atoms with Crippen LogP contribution in [0.1, 0.15) is 12.6 Å². The van der Waals surface area contributed by atoms with Crippen molar-refractivity contribution in [2.45, 2.75) is 13.8 Å². The number of aryl methyl sites for hydroxylation is 2. The predicted octanol–water partition coefficient (Wildman–Crippen LogP) is 2.72. The monoisotopic (exact) mass is 448 g/mol. The van der Waals surface area contributed by atoms with E-state index in [-0.39, 0.29) is 18.0 Å². The Morgan fingerprint density at radius 3 is 2.58 bits per heavy atom. The van der Waals surface area contributed by atoms with Crippen LogP contribution in [0.25, 0.3) is 11.4 Å². The molecular weight excluding hydrogens is 427 g/mol. The van der Waals surface area contributed by atoms with E-state index in [0.29, 0.717) is 22.9 Å². The standard InChI is InChI=1S/C19H21FN6O4S/c1-5-26(19(27)30-16-9-7-6-8-13(16)20)18-17(22-24-25(18)3)15-11-10-14(12(2)21-15)23-31(4,28)29/h6-11,23H,5H2,1-4H3. The summed E-state index contributed by atoms with van der Waals surface area (Å²) in [5, 5.41) is 8.07. The Labute approximate surface area is 178 Å². The van der Waals surface area contributed by atoms with Gasteiger partial charge in [-0.3, -0.25) is 9.62 Å². The zero-order valence-corrected chi connectivity index (χ0v) is 18.1. The number of amides is 1. The quantitative estimate of drug-likeness (QED) is 0.616. The highest BCUT2D eigenvalue weighted by Crippen LogP contribution is 2.29. The summed E-state index contributed by atoms with van der Waals surface area (Å²) in [6, 6.07) is 8.69. The van der Waals surface area contributed by atoms with Gasteiger partial charge >= 0.3 is 6.09 Å². The predicted molar refractivity (Wildman–Crippen MR) is 113 cm³/mol. The Morgan fingerprint density at radius 1 is 1.26 bits per heavy atom. The average Bonchev–Trinajstić information content (AvgIpc) is 3.06. The number of rotatable bonds is 6. The van der Waals surface area contributed by atoms with Crippen LogP contribution in [0.4, 0.5) is 20.7 Å². The maximum Gasteiger partial charge on any atom is 0.421 e. The van der Waals surface area contributed by atoms with Crippen molar-refractivity contribution in [3.05, 3.63) is 47.9 Å². The highest BCUT2D eigenvalue weighted by Gasteiger charge is 2.26. The minimum atomic E-state index is -3.47. The van der Waals surface area contributed by atoms with E-state index >= 15 is 0 Å². The van der Waals surface area contributed by atoms with Gasteiger partial charge in [-0.05, 0) is 38.1 Å². The Kier molecular flexibility index (Phi) is 6.20. The molecule has 1 amide bonds. The molecule has 0 saturated heterocycles. The largest absolute Gasteiger partial charge is 0.421 e. The molecule has 1 aromatic carbocycles. The lowest BCUT2D eigenvalue weighted by Gasteiger charge is -2.21. The second-order valence-corrected chi connectivity index (χ2v) is 8.38. The van der Waals surface area contributed by atoms with Gasteiger partial charge in [0, 0.05) is 13.6 Å². The molecule has 0 aliphatic heterocycles. The summed E-state index contributed by atoms with van der Waals surface area (Å²) in [5.41, 5.74) is 1.39. The zero-order valence-electron chi connectivity index (χ0n) is 17.3. The van der Waals surface area contributed by atoms with Gasteiger partial charge in [0.15, 0.2) is 23.1 Å². The van der Waals surface area contributed by atoms with Crippen LogP contribution in [0, 0.1) is 12.7 Å². The second-order valence-electron chi connectivity index (χ2n) is 6.63. The summed E-state index contributed by atoms with van der Waals surface area (Å²) in [6.45, 7) is 3.54. The SMILES string of the molecule is CCN(C(=O)Oc1ccccc1F)c1c(-c2ccc(NS(C)(=O)=O)c(C)n2)nnn1C. The lowest BCUT2D eigenvalue weighted by atomic mass is 10.2. The molecule has 0 aliphatic rings. The fourth-order valence-corrected chi connectivity index (χ4v) is 3.48. The van der Waals surface area contributed by atoms with Gasteiger partial charge in [0.25, 0.3) is 0 Å². The van der Waals surface area contributed by atoms with Gasteiger partial charge in [-0.2, -0.15) is 0 Å². The molecule has 0 unspecified atom stereocenters. The summed E-state index contributed by atoms with van der Waals surface area (Å²) in [5.74, 6) is -0.575.